The van der Waals surface area contributed by atoms with Gasteiger partial charge in [0.2, 0.25) is 0 Å². The van der Waals surface area contributed by atoms with Crippen LogP contribution in [0.15, 0.2) is 49.1 Å². The normalized spacial score (nSPS) is 17.0. The average Bonchev–Trinajstić information content (AvgIpc) is 3.24. The van der Waals surface area contributed by atoms with E-state index in [0.717, 1.165) is 6.54 Å². The maximum atomic E-state index is 4.09. The van der Waals surface area contributed by atoms with E-state index in [2.05, 4.69) is 49.8 Å². The fourth-order valence-electron chi connectivity index (χ4n) is 3.68. The van der Waals surface area contributed by atoms with Gasteiger partial charge in [-0.1, -0.05) is 18.2 Å². The molecule has 3 aromatic rings. The topological polar surface area (TPSA) is 36.9 Å². The maximum absolute atomic E-state index is 4.09. The van der Waals surface area contributed by atoms with Gasteiger partial charge in [-0.05, 0) is 56.4 Å². The van der Waals surface area contributed by atoms with Crippen molar-refractivity contribution in [2.24, 2.45) is 0 Å². The van der Waals surface area contributed by atoms with E-state index >= 15 is 0 Å². The Balaban J connectivity index is 1.28. The molecule has 1 N–H and O–H groups in total. The summed E-state index contributed by atoms with van der Waals surface area (Å²) in [6, 6.07) is 10.9. The van der Waals surface area contributed by atoms with Crippen molar-refractivity contribution in [2.75, 3.05) is 19.6 Å². The number of aryl methyl sites for hydroxylation is 1. The molecule has 120 valence electrons. The zero-order valence-electron chi connectivity index (χ0n) is 13.5. The standard InChI is InChI=1S/C19H24N4/c1-2-5-18-17(4-1)14-19(21-18)16-6-11-22(12-7-16)9-3-10-23-13-8-20-15-23/h1-2,4-5,8,13-16,21H,3,6-7,9-12H2. The second-order valence-corrected chi connectivity index (χ2v) is 6.58. The Hall–Kier alpha value is -2.07. The van der Waals surface area contributed by atoms with Crippen LogP contribution >= 0.6 is 0 Å². The molecular weight excluding hydrogens is 284 g/mol. The SMILES string of the molecule is c1ccc2[nH]c(C3CCN(CCCn4ccnc4)CC3)cc2c1. The lowest BCUT2D eigenvalue weighted by Gasteiger charge is -2.31. The van der Waals surface area contributed by atoms with Gasteiger partial charge in [0.25, 0.3) is 0 Å². The summed E-state index contributed by atoms with van der Waals surface area (Å²) in [6.45, 7) is 4.69. The number of nitrogens with zero attached hydrogens (tertiary/aromatic N) is 3. The fraction of sp³-hybridized carbons (Fsp3) is 0.421. The van der Waals surface area contributed by atoms with E-state index in [1.165, 1.54) is 55.5 Å². The van der Waals surface area contributed by atoms with Gasteiger partial charge < -0.3 is 14.5 Å². The smallest absolute Gasteiger partial charge is 0.0945 e. The van der Waals surface area contributed by atoms with Crippen molar-refractivity contribution in [1.82, 2.24) is 19.4 Å². The van der Waals surface area contributed by atoms with Crippen molar-refractivity contribution in [3.05, 3.63) is 54.7 Å². The summed E-state index contributed by atoms with van der Waals surface area (Å²) in [4.78, 5) is 10.3. The molecule has 1 saturated heterocycles. The zero-order chi connectivity index (χ0) is 15.5. The number of aromatic nitrogens is 3. The highest BCUT2D eigenvalue weighted by Crippen LogP contribution is 2.29. The van der Waals surface area contributed by atoms with Crippen molar-refractivity contribution in [3.8, 4) is 0 Å². The predicted octanol–water partition coefficient (Wildman–Crippen LogP) is 3.63. The van der Waals surface area contributed by atoms with Crippen LogP contribution in [0.2, 0.25) is 0 Å². The highest BCUT2D eigenvalue weighted by Gasteiger charge is 2.21. The van der Waals surface area contributed by atoms with Crippen molar-refractivity contribution in [2.45, 2.75) is 31.7 Å². The third-order valence-corrected chi connectivity index (χ3v) is 5.03. The van der Waals surface area contributed by atoms with Crippen LogP contribution in [0.4, 0.5) is 0 Å². The Morgan fingerprint density at radius 2 is 2.00 bits per heavy atom. The molecule has 1 fully saturated rings. The molecule has 0 radical (unpaired) electrons. The molecular formula is C19H24N4. The number of piperidine rings is 1. The van der Waals surface area contributed by atoms with Gasteiger partial charge in [0.15, 0.2) is 0 Å². The van der Waals surface area contributed by atoms with E-state index < -0.39 is 0 Å². The molecule has 1 aromatic carbocycles. The number of rotatable bonds is 5. The lowest BCUT2D eigenvalue weighted by atomic mass is 9.93. The summed E-state index contributed by atoms with van der Waals surface area (Å²) in [5, 5.41) is 1.34. The van der Waals surface area contributed by atoms with Crippen LogP contribution in [-0.2, 0) is 6.54 Å². The van der Waals surface area contributed by atoms with Gasteiger partial charge in [0.05, 0.1) is 6.33 Å². The van der Waals surface area contributed by atoms with Crippen LogP contribution < -0.4 is 0 Å². The largest absolute Gasteiger partial charge is 0.358 e. The Labute approximate surface area is 137 Å². The van der Waals surface area contributed by atoms with Gasteiger partial charge >= 0.3 is 0 Å². The number of H-pyrrole nitrogens is 1. The number of benzene rings is 1. The molecule has 0 atom stereocenters. The molecule has 1 aliphatic rings. The molecule has 1 aliphatic heterocycles. The first-order valence-corrected chi connectivity index (χ1v) is 8.64. The third kappa shape index (κ3) is 3.32. The summed E-state index contributed by atoms with van der Waals surface area (Å²) >= 11 is 0. The highest BCUT2D eigenvalue weighted by molar-refractivity contribution is 5.80. The van der Waals surface area contributed by atoms with E-state index in [1.807, 2.05) is 18.7 Å². The summed E-state index contributed by atoms with van der Waals surface area (Å²) in [5.74, 6) is 0.687. The second-order valence-electron chi connectivity index (χ2n) is 6.58. The number of aromatic amines is 1. The van der Waals surface area contributed by atoms with E-state index in [9.17, 15) is 0 Å². The van der Waals surface area contributed by atoms with Gasteiger partial charge in [-0.15, -0.1) is 0 Å². The minimum absolute atomic E-state index is 0.687. The number of hydrogen-bond donors (Lipinski definition) is 1. The predicted molar refractivity (Wildman–Crippen MR) is 93.6 cm³/mol. The maximum Gasteiger partial charge on any atom is 0.0945 e. The minimum atomic E-state index is 0.687. The van der Waals surface area contributed by atoms with Crippen molar-refractivity contribution in [3.63, 3.8) is 0 Å². The Morgan fingerprint density at radius 3 is 2.78 bits per heavy atom. The van der Waals surface area contributed by atoms with Gasteiger partial charge in [0.1, 0.15) is 0 Å². The fourth-order valence-corrected chi connectivity index (χ4v) is 3.68. The lowest BCUT2D eigenvalue weighted by Crippen LogP contribution is -2.34. The van der Waals surface area contributed by atoms with Crippen molar-refractivity contribution < 1.29 is 0 Å². The van der Waals surface area contributed by atoms with Crippen LogP contribution in [0.3, 0.4) is 0 Å². The molecule has 23 heavy (non-hydrogen) atoms. The number of para-hydroxylation sites is 1. The highest BCUT2D eigenvalue weighted by atomic mass is 15.1. The van der Waals surface area contributed by atoms with Crippen LogP contribution in [0, 0.1) is 0 Å². The summed E-state index contributed by atoms with van der Waals surface area (Å²) in [7, 11) is 0. The first kappa shape index (κ1) is 14.5. The molecule has 0 aliphatic carbocycles. The Morgan fingerprint density at radius 1 is 1.13 bits per heavy atom. The van der Waals surface area contributed by atoms with E-state index in [4.69, 9.17) is 0 Å². The van der Waals surface area contributed by atoms with E-state index in [1.54, 1.807) is 0 Å². The van der Waals surface area contributed by atoms with Crippen molar-refractivity contribution >= 4 is 10.9 Å². The second kappa shape index (κ2) is 6.59. The molecule has 4 rings (SSSR count). The number of imidazole rings is 1. The first-order chi connectivity index (χ1) is 11.4. The third-order valence-electron chi connectivity index (χ3n) is 5.03. The molecule has 0 saturated carbocycles. The zero-order valence-corrected chi connectivity index (χ0v) is 13.5. The number of nitrogens with one attached hydrogen (secondary N) is 1. The molecule has 3 heterocycles. The van der Waals surface area contributed by atoms with Crippen LogP contribution in [0.5, 0.6) is 0 Å². The monoisotopic (exact) mass is 308 g/mol. The Kier molecular flexibility index (Phi) is 4.16. The number of fused-ring (bicyclic) bond motifs is 1. The van der Waals surface area contributed by atoms with Crippen LogP contribution in [0.25, 0.3) is 10.9 Å². The molecule has 2 aromatic heterocycles. The molecule has 0 amide bonds. The van der Waals surface area contributed by atoms with Gasteiger partial charge in [0, 0.05) is 36.1 Å². The minimum Gasteiger partial charge on any atom is -0.358 e. The molecule has 0 bridgehead atoms. The molecule has 0 spiro atoms. The average molecular weight is 308 g/mol. The van der Waals surface area contributed by atoms with E-state index in [0.29, 0.717) is 5.92 Å². The Bertz CT molecular complexity index is 703. The number of likely N-dealkylation sites (tertiary alicyclic amines) is 1. The van der Waals surface area contributed by atoms with E-state index in [-0.39, 0.29) is 0 Å². The summed E-state index contributed by atoms with van der Waals surface area (Å²) in [5.41, 5.74) is 2.69. The number of hydrogen-bond acceptors (Lipinski definition) is 2. The lowest BCUT2D eigenvalue weighted by molar-refractivity contribution is 0.206. The molecule has 4 nitrogen and oxygen atoms in total. The van der Waals surface area contributed by atoms with Crippen LogP contribution in [-0.4, -0.2) is 39.1 Å². The molecule has 0 unspecified atom stereocenters. The molecule has 4 heteroatoms. The van der Waals surface area contributed by atoms with Crippen molar-refractivity contribution in [1.29, 1.82) is 0 Å². The van der Waals surface area contributed by atoms with Crippen LogP contribution in [0.1, 0.15) is 30.9 Å². The van der Waals surface area contributed by atoms with Gasteiger partial charge in [-0.25, -0.2) is 4.98 Å². The summed E-state index contributed by atoms with van der Waals surface area (Å²) in [6.07, 6.45) is 9.53. The first-order valence-electron chi connectivity index (χ1n) is 8.64. The van der Waals surface area contributed by atoms with Gasteiger partial charge in [-0.3, -0.25) is 0 Å². The summed E-state index contributed by atoms with van der Waals surface area (Å²) < 4.78 is 2.16. The van der Waals surface area contributed by atoms with Gasteiger partial charge in [-0.2, -0.15) is 0 Å². The quantitative estimate of drug-likeness (QED) is 0.781.